The summed E-state index contributed by atoms with van der Waals surface area (Å²) in [5.74, 6) is 1.05. The number of benzene rings is 1. The predicted molar refractivity (Wildman–Crippen MR) is 102 cm³/mol. The van der Waals surface area contributed by atoms with Crippen molar-refractivity contribution in [3.8, 4) is 11.5 Å². The van der Waals surface area contributed by atoms with Crippen LogP contribution in [0, 0.1) is 5.92 Å². The Balaban J connectivity index is 1.86. The Kier molecular flexibility index (Phi) is 6.21. The number of likely N-dealkylation sites (tertiary alicyclic amines) is 1. The van der Waals surface area contributed by atoms with Crippen LogP contribution in [0.1, 0.15) is 36.0 Å². The van der Waals surface area contributed by atoms with E-state index in [0.717, 1.165) is 19.3 Å². The van der Waals surface area contributed by atoms with Crippen molar-refractivity contribution in [1.29, 1.82) is 0 Å². The molecule has 148 valence electrons. The minimum Gasteiger partial charge on any atom is -0.497 e. The second kappa shape index (κ2) is 8.61. The highest BCUT2D eigenvalue weighted by atomic mass is 16.5. The van der Waals surface area contributed by atoms with E-state index in [1.54, 1.807) is 30.2 Å². The molecule has 0 radical (unpaired) electrons. The van der Waals surface area contributed by atoms with Gasteiger partial charge in [0.2, 0.25) is 5.91 Å². The zero-order valence-electron chi connectivity index (χ0n) is 16.1. The van der Waals surface area contributed by atoms with Gasteiger partial charge in [0.15, 0.2) is 0 Å². The summed E-state index contributed by atoms with van der Waals surface area (Å²) in [6, 6.07) is 5.33. The van der Waals surface area contributed by atoms with Gasteiger partial charge < -0.3 is 25.0 Å². The molecule has 2 bridgehead atoms. The van der Waals surface area contributed by atoms with Crippen LogP contribution in [0.4, 0.5) is 0 Å². The molecule has 2 aliphatic rings. The summed E-state index contributed by atoms with van der Waals surface area (Å²) in [4.78, 5) is 29.6. The first-order chi connectivity index (χ1) is 13.0. The summed E-state index contributed by atoms with van der Waals surface area (Å²) >= 11 is 0. The van der Waals surface area contributed by atoms with Gasteiger partial charge in [0.25, 0.3) is 5.91 Å². The summed E-state index contributed by atoms with van der Waals surface area (Å²) in [6.07, 6.45) is 3.51. The number of fused-ring (bicyclic) bond motifs is 3. The largest absolute Gasteiger partial charge is 0.497 e. The number of methoxy groups -OCH3 is 1. The standard InChI is InChI=1S/C20H29N3O4/c1-22-15-6-3-5-14(19(22)24)12-23(13-15)20(25)17-11-16(26-2)7-8-18(17)27-10-4-9-21/h7-8,11,14-15H,3-6,9-10,12-13,21H2,1-2H3/t14-,15+/m1/s1. The summed E-state index contributed by atoms with van der Waals surface area (Å²) in [6.45, 7) is 1.99. The van der Waals surface area contributed by atoms with E-state index in [1.165, 1.54) is 0 Å². The Morgan fingerprint density at radius 2 is 2.11 bits per heavy atom. The molecule has 0 aromatic heterocycles. The van der Waals surface area contributed by atoms with E-state index in [9.17, 15) is 9.59 Å². The van der Waals surface area contributed by atoms with Gasteiger partial charge in [0, 0.05) is 26.2 Å². The number of nitrogens with zero attached hydrogens (tertiary/aromatic N) is 2. The number of likely N-dealkylation sites (N-methyl/N-ethyl adjacent to an activating group) is 1. The quantitative estimate of drug-likeness (QED) is 0.762. The molecule has 0 unspecified atom stereocenters. The van der Waals surface area contributed by atoms with Crippen LogP contribution in [0.5, 0.6) is 11.5 Å². The molecule has 1 aromatic carbocycles. The molecule has 2 amide bonds. The number of carbonyl (C=O) groups is 2. The van der Waals surface area contributed by atoms with Crippen molar-refractivity contribution >= 4 is 11.8 Å². The van der Waals surface area contributed by atoms with E-state index in [4.69, 9.17) is 15.2 Å². The number of ether oxygens (including phenoxy) is 2. The topological polar surface area (TPSA) is 85.1 Å². The van der Waals surface area contributed by atoms with Gasteiger partial charge >= 0.3 is 0 Å². The zero-order chi connectivity index (χ0) is 19.4. The molecule has 0 saturated carbocycles. The second-order valence-corrected chi connectivity index (χ2v) is 7.29. The first-order valence-corrected chi connectivity index (χ1v) is 9.62. The van der Waals surface area contributed by atoms with E-state index >= 15 is 0 Å². The minimum atomic E-state index is -0.126. The van der Waals surface area contributed by atoms with Crippen LogP contribution >= 0.6 is 0 Å². The third-order valence-corrected chi connectivity index (χ3v) is 5.52. The van der Waals surface area contributed by atoms with Crippen LogP contribution < -0.4 is 15.2 Å². The fourth-order valence-electron chi connectivity index (χ4n) is 3.89. The smallest absolute Gasteiger partial charge is 0.257 e. The average molecular weight is 375 g/mol. The highest BCUT2D eigenvalue weighted by Gasteiger charge is 2.38. The van der Waals surface area contributed by atoms with Crippen molar-refractivity contribution < 1.29 is 19.1 Å². The molecule has 7 heteroatoms. The summed E-state index contributed by atoms with van der Waals surface area (Å²) < 4.78 is 11.1. The lowest BCUT2D eigenvalue weighted by atomic mass is 9.98. The fraction of sp³-hybridized carbons (Fsp3) is 0.600. The zero-order valence-corrected chi connectivity index (χ0v) is 16.1. The van der Waals surface area contributed by atoms with Crippen molar-refractivity contribution in [3.63, 3.8) is 0 Å². The maximum Gasteiger partial charge on any atom is 0.257 e. The van der Waals surface area contributed by atoms with Crippen molar-refractivity contribution in [1.82, 2.24) is 9.80 Å². The molecule has 7 nitrogen and oxygen atoms in total. The molecule has 27 heavy (non-hydrogen) atoms. The molecule has 2 heterocycles. The van der Waals surface area contributed by atoms with Gasteiger partial charge in [-0.1, -0.05) is 6.42 Å². The summed E-state index contributed by atoms with van der Waals surface area (Å²) in [5, 5.41) is 0. The number of amides is 2. The third kappa shape index (κ3) is 4.18. The van der Waals surface area contributed by atoms with Gasteiger partial charge in [-0.2, -0.15) is 0 Å². The molecule has 0 spiro atoms. The summed E-state index contributed by atoms with van der Waals surface area (Å²) in [7, 11) is 3.43. The number of carbonyl (C=O) groups excluding carboxylic acids is 2. The van der Waals surface area contributed by atoms with E-state index in [1.807, 2.05) is 11.9 Å². The van der Waals surface area contributed by atoms with Gasteiger partial charge in [-0.25, -0.2) is 0 Å². The Morgan fingerprint density at radius 1 is 1.30 bits per heavy atom. The molecule has 1 aromatic rings. The van der Waals surface area contributed by atoms with E-state index in [-0.39, 0.29) is 23.8 Å². The van der Waals surface area contributed by atoms with Crippen LogP contribution in [-0.2, 0) is 4.79 Å². The molecule has 2 atom stereocenters. The molecule has 2 aliphatic heterocycles. The van der Waals surface area contributed by atoms with Crippen molar-refractivity contribution in [2.75, 3.05) is 40.4 Å². The van der Waals surface area contributed by atoms with E-state index in [2.05, 4.69) is 0 Å². The number of nitrogens with two attached hydrogens (primary N) is 1. The highest BCUT2D eigenvalue weighted by molar-refractivity contribution is 5.98. The Bertz CT molecular complexity index is 694. The monoisotopic (exact) mass is 375 g/mol. The van der Waals surface area contributed by atoms with Crippen LogP contribution in [-0.4, -0.2) is 68.1 Å². The van der Waals surface area contributed by atoms with Gasteiger partial charge in [0.1, 0.15) is 11.5 Å². The van der Waals surface area contributed by atoms with Crippen LogP contribution in [0.25, 0.3) is 0 Å². The molecule has 3 rings (SSSR count). The Morgan fingerprint density at radius 3 is 2.85 bits per heavy atom. The lowest BCUT2D eigenvalue weighted by molar-refractivity contribution is -0.134. The fourth-order valence-corrected chi connectivity index (χ4v) is 3.89. The molecule has 2 N–H and O–H groups in total. The maximum absolute atomic E-state index is 13.4. The average Bonchev–Trinajstić information content (AvgIpc) is 2.86. The first kappa shape index (κ1) is 19.5. The molecular weight excluding hydrogens is 346 g/mol. The lowest BCUT2D eigenvalue weighted by Crippen LogP contribution is -2.42. The lowest BCUT2D eigenvalue weighted by Gasteiger charge is -2.30. The predicted octanol–water partition coefficient (Wildman–Crippen LogP) is 1.51. The van der Waals surface area contributed by atoms with Gasteiger partial charge in [-0.3, -0.25) is 9.59 Å². The Labute approximate surface area is 160 Å². The first-order valence-electron chi connectivity index (χ1n) is 9.62. The number of hydrogen-bond donors (Lipinski definition) is 1. The number of hydrogen-bond acceptors (Lipinski definition) is 5. The third-order valence-electron chi connectivity index (χ3n) is 5.52. The normalized spacial score (nSPS) is 22.4. The van der Waals surface area contributed by atoms with Crippen LogP contribution in [0.2, 0.25) is 0 Å². The van der Waals surface area contributed by atoms with Crippen molar-refractivity contribution in [2.24, 2.45) is 11.7 Å². The van der Waals surface area contributed by atoms with Crippen LogP contribution in [0.15, 0.2) is 18.2 Å². The van der Waals surface area contributed by atoms with Gasteiger partial charge in [-0.15, -0.1) is 0 Å². The highest BCUT2D eigenvalue weighted by Crippen LogP contribution is 2.30. The number of rotatable bonds is 6. The van der Waals surface area contributed by atoms with E-state index in [0.29, 0.717) is 49.7 Å². The van der Waals surface area contributed by atoms with Crippen molar-refractivity contribution in [2.45, 2.75) is 31.7 Å². The van der Waals surface area contributed by atoms with Crippen LogP contribution in [0.3, 0.4) is 0 Å². The molecule has 2 fully saturated rings. The maximum atomic E-state index is 13.4. The molecule has 2 saturated heterocycles. The van der Waals surface area contributed by atoms with E-state index < -0.39 is 0 Å². The van der Waals surface area contributed by atoms with Crippen molar-refractivity contribution in [3.05, 3.63) is 23.8 Å². The SMILES string of the molecule is COc1ccc(OCCCN)c(C(=O)N2C[C@H]3CCC[C@@H](C2)N(C)C3=O)c1. The molecular formula is C20H29N3O4. The van der Waals surface area contributed by atoms with Gasteiger partial charge in [-0.05, 0) is 44.0 Å². The summed E-state index contributed by atoms with van der Waals surface area (Å²) in [5.41, 5.74) is 6.01. The second-order valence-electron chi connectivity index (χ2n) is 7.29. The molecule has 0 aliphatic carbocycles. The Hall–Kier alpha value is -2.28. The minimum absolute atomic E-state index is 0.0705. The van der Waals surface area contributed by atoms with Gasteiger partial charge in [0.05, 0.1) is 25.2 Å².